The van der Waals surface area contributed by atoms with E-state index in [1.54, 1.807) is 25.4 Å². The Balaban J connectivity index is 2.35. The topological polar surface area (TPSA) is 68.3 Å². The van der Waals surface area contributed by atoms with Gasteiger partial charge >= 0.3 is 0 Å². The average Bonchev–Trinajstić information content (AvgIpc) is 2.77. The molecule has 1 unspecified atom stereocenters. The molecule has 16 heavy (non-hydrogen) atoms. The van der Waals surface area contributed by atoms with Crippen LogP contribution in [0.5, 0.6) is 0 Å². The van der Waals surface area contributed by atoms with Crippen molar-refractivity contribution < 1.29 is 9.21 Å². The Hall–Kier alpha value is -1.65. The Labute approximate surface area is 93.4 Å². The summed E-state index contributed by atoms with van der Waals surface area (Å²) in [6, 6.07) is 6.88. The lowest BCUT2D eigenvalue weighted by molar-refractivity contribution is 0.0951. The molecule has 0 radical (unpaired) electrons. The third kappa shape index (κ3) is 1.85. The zero-order valence-corrected chi connectivity index (χ0v) is 9.07. The Kier molecular flexibility index (Phi) is 3.03. The molecule has 0 aliphatic carbocycles. The maximum absolute atomic E-state index is 12.0. The number of benzene rings is 1. The third-order valence-electron chi connectivity index (χ3n) is 2.64. The quantitative estimate of drug-likeness (QED) is 0.756. The summed E-state index contributed by atoms with van der Waals surface area (Å²) in [6.45, 7) is 0.290. The Morgan fingerprint density at radius 1 is 1.50 bits per heavy atom. The van der Waals surface area contributed by atoms with Crippen molar-refractivity contribution in [2.45, 2.75) is 6.04 Å². The van der Waals surface area contributed by atoms with Crippen LogP contribution in [0, 0.1) is 0 Å². The van der Waals surface area contributed by atoms with E-state index in [1.807, 2.05) is 12.1 Å². The number of hydrogen-bond acceptors (Lipinski definition) is 4. The number of furan rings is 1. The maximum Gasteiger partial charge on any atom is 0.181 e. The molecule has 1 heterocycles. The number of nitrogens with one attached hydrogen (secondary N) is 1. The van der Waals surface area contributed by atoms with Gasteiger partial charge in [-0.05, 0) is 31.3 Å². The highest BCUT2D eigenvalue weighted by Gasteiger charge is 2.16. The fraction of sp³-hybridized carbons (Fsp3) is 0.250. The van der Waals surface area contributed by atoms with Crippen LogP contribution in [0.4, 0.5) is 0 Å². The minimum absolute atomic E-state index is 0.00750. The smallest absolute Gasteiger partial charge is 0.181 e. The molecule has 3 N–H and O–H groups in total. The summed E-state index contributed by atoms with van der Waals surface area (Å²) in [5.41, 5.74) is 6.95. The monoisotopic (exact) mass is 218 g/mol. The summed E-state index contributed by atoms with van der Waals surface area (Å²) in [7, 11) is 1.73. The molecule has 1 aromatic carbocycles. The van der Waals surface area contributed by atoms with Gasteiger partial charge in [-0.25, -0.2) is 0 Å². The average molecular weight is 218 g/mol. The third-order valence-corrected chi connectivity index (χ3v) is 2.64. The van der Waals surface area contributed by atoms with Gasteiger partial charge in [0.25, 0.3) is 0 Å². The number of nitrogens with two attached hydrogens (primary N) is 1. The molecule has 2 aromatic rings. The molecule has 1 aromatic heterocycles. The van der Waals surface area contributed by atoms with Crippen LogP contribution in [0.2, 0.25) is 0 Å². The molecule has 84 valence electrons. The van der Waals surface area contributed by atoms with Crippen molar-refractivity contribution in [2.24, 2.45) is 5.73 Å². The molecule has 0 saturated heterocycles. The minimum Gasteiger partial charge on any atom is -0.464 e. The van der Waals surface area contributed by atoms with Gasteiger partial charge < -0.3 is 15.5 Å². The normalized spacial score (nSPS) is 12.9. The molecular weight excluding hydrogens is 204 g/mol. The standard InChI is InChI=1S/C12H14N2O2/c1-14-10(7-13)12(15)9-2-3-11-8(6-9)4-5-16-11/h2-6,10,14H,7,13H2,1H3. The van der Waals surface area contributed by atoms with E-state index in [1.165, 1.54) is 0 Å². The molecule has 0 spiro atoms. The number of hydrogen-bond donors (Lipinski definition) is 2. The predicted molar refractivity (Wildman–Crippen MR) is 62.4 cm³/mol. The van der Waals surface area contributed by atoms with Crippen LogP contribution in [-0.4, -0.2) is 25.4 Å². The predicted octanol–water partition coefficient (Wildman–Crippen LogP) is 1.16. The lowest BCUT2D eigenvalue weighted by Gasteiger charge is -2.12. The number of fused-ring (bicyclic) bond motifs is 1. The van der Waals surface area contributed by atoms with Gasteiger partial charge in [0.05, 0.1) is 12.3 Å². The van der Waals surface area contributed by atoms with Crippen LogP contribution in [-0.2, 0) is 0 Å². The van der Waals surface area contributed by atoms with E-state index in [2.05, 4.69) is 5.32 Å². The summed E-state index contributed by atoms with van der Waals surface area (Å²) < 4.78 is 5.21. The summed E-state index contributed by atoms with van der Waals surface area (Å²) in [5, 5.41) is 3.82. The Bertz CT molecular complexity index is 500. The molecule has 0 aliphatic rings. The van der Waals surface area contributed by atoms with Crippen molar-refractivity contribution in [2.75, 3.05) is 13.6 Å². The van der Waals surface area contributed by atoms with Crippen LogP contribution < -0.4 is 11.1 Å². The molecule has 1 atom stereocenters. The highest BCUT2D eigenvalue weighted by atomic mass is 16.3. The highest BCUT2D eigenvalue weighted by Crippen LogP contribution is 2.17. The number of likely N-dealkylation sites (N-methyl/N-ethyl adjacent to an activating group) is 1. The molecule has 2 rings (SSSR count). The summed E-state index contributed by atoms with van der Waals surface area (Å²) in [4.78, 5) is 12.0. The maximum atomic E-state index is 12.0. The number of ketones is 1. The van der Waals surface area contributed by atoms with E-state index >= 15 is 0 Å². The largest absolute Gasteiger partial charge is 0.464 e. The molecule has 0 saturated carbocycles. The first-order valence-electron chi connectivity index (χ1n) is 5.15. The van der Waals surface area contributed by atoms with Crippen LogP contribution in [0.15, 0.2) is 34.9 Å². The van der Waals surface area contributed by atoms with Crippen LogP contribution in [0.3, 0.4) is 0 Å². The van der Waals surface area contributed by atoms with E-state index < -0.39 is 0 Å². The summed E-state index contributed by atoms with van der Waals surface area (Å²) >= 11 is 0. The van der Waals surface area contributed by atoms with Gasteiger partial charge in [0, 0.05) is 17.5 Å². The molecule has 0 bridgehead atoms. The van der Waals surface area contributed by atoms with E-state index in [0.29, 0.717) is 12.1 Å². The molecular formula is C12H14N2O2. The van der Waals surface area contributed by atoms with Crippen LogP contribution in [0.25, 0.3) is 11.0 Å². The number of Topliss-reactive ketones (excluding diaryl/α,β-unsaturated/α-hetero) is 1. The van der Waals surface area contributed by atoms with Gasteiger partial charge in [-0.3, -0.25) is 4.79 Å². The first-order valence-corrected chi connectivity index (χ1v) is 5.15. The summed E-state index contributed by atoms with van der Waals surface area (Å²) in [6.07, 6.45) is 1.61. The number of carbonyl (C=O) groups excluding carboxylic acids is 1. The lowest BCUT2D eigenvalue weighted by atomic mass is 10.0. The fourth-order valence-corrected chi connectivity index (χ4v) is 1.68. The first-order chi connectivity index (χ1) is 7.76. The highest BCUT2D eigenvalue weighted by molar-refractivity contribution is 6.02. The van der Waals surface area contributed by atoms with Crippen molar-refractivity contribution in [1.82, 2.24) is 5.32 Å². The van der Waals surface area contributed by atoms with E-state index in [9.17, 15) is 4.79 Å². The number of carbonyl (C=O) groups is 1. The van der Waals surface area contributed by atoms with Gasteiger partial charge in [-0.2, -0.15) is 0 Å². The second-order valence-corrected chi connectivity index (χ2v) is 3.61. The second-order valence-electron chi connectivity index (χ2n) is 3.61. The van der Waals surface area contributed by atoms with E-state index in [0.717, 1.165) is 11.0 Å². The van der Waals surface area contributed by atoms with Gasteiger partial charge in [0.2, 0.25) is 0 Å². The van der Waals surface area contributed by atoms with Crippen molar-refractivity contribution in [1.29, 1.82) is 0 Å². The zero-order chi connectivity index (χ0) is 11.5. The van der Waals surface area contributed by atoms with Crippen molar-refractivity contribution in [3.05, 3.63) is 36.1 Å². The van der Waals surface area contributed by atoms with E-state index in [4.69, 9.17) is 10.2 Å². The molecule has 4 nitrogen and oxygen atoms in total. The van der Waals surface area contributed by atoms with Crippen molar-refractivity contribution in [3.63, 3.8) is 0 Å². The Morgan fingerprint density at radius 3 is 3.00 bits per heavy atom. The molecule has 4 heteroatoms. The van der Waals surface area contributed by atoms with Gasteiger partial charge in [0.1, 0.15) is 5.58 Å². The summed E-state index contributed by atoms with van der Waals surface area (Å²) in [5.74, 6) is 0.00750. The minimum atomic E-state index is -0.329. The van der Waals surface area contributed by atoms with Crippen molar-refractivity contribution >= 4 is 16.8 Å². The molecule has 0 aliphatic heterocycles. The zero-order valence-electron chi connectivity index (χ0n) is 9.07. The second kappa shape index (κ2) is 4.47. The van der Waals surface area contributed by atoms with Crippen LogP contribution in [0.1, 0.15) is 10.4 Å². The van der Waals surface area contributed by atoms with Gasteiger partial charge in [-0.15, -0.1) is 0 Å². The van der Waals surface area contributed by atoms with Gasteiger partial charge in [0.15, 0.2) is 5.78 Å². The fourth-order valence-electron chi connectivity index (χ4n) is 1.68. The first kappa shape index (κ1) is 10.9. The molecule has 0 amide bonds. The lowest BCUT2D eigenvalue weighted by Crippen LogP contribution is -2.40. The Morgan fingerprint density at radius 2 is 2.31 bits per heavy atom. The SMILES string of the molecule is CNC(CN)C(=O)c1ccc2occc2c1. The van der Waals surface area contributed by atoms with Crippen LogP contribution >= 0.6 is 0 Å². The van der Waals surface area contributed by atoms with Gasteiger partial charge in [-0.1, -0.05) is 0 Å². The van der Waals surface area contributed by atoms with Crippen molar-refractivity contribution in [3.8, 4) is 0 Å². The van der Waals surface area contributed by atoms with E-state index in [-0.39, 0.29) is 11.8 Å². The number of rotatable bonds is 4. The molecule has 0 fully saturated rings.